The van der Waals surface area contributed by atoms with Crippen LogP contribution in [0.1, 0.15) is 30.5 Å². The van der Waals surface area contributed by atoms with Crippen molar-refractivity contribution in [3.63, 3.8) is 0 Å². The quantitative estimate of drug-likeness (QED) is 0.575. The molecule has 1 rings (SSSR count). The predicted molar refractivity (Wildman–Crippen MR) is 66.2 cm³/mol. The lowest BCUT2D eigenvalue weighted by Crippen LogP contribution is -2.05. The molecule has 0 aliphatic rings. The van der Waals surface area contributed by atoms with Crippen molar-refractivity contribution in [1.29, 1.82) is 0 Å². The summed E-state index contributed by atoms with van der Waals surface area (Å²) in [5, 5.41) is 0. The molecule has 2 nitrogen and oxygen atoms in total. The molecule has 0 atom stereocenters. The molecule has 0 aromatic heterocycles. The molecule has 1 aromatic rings. The average molecular weight is 218 g/mol. The van der Waals surface area contributed by atoms with Crippen molar-refractivity contribution in [2.24, 2.45) is 0 Å². The van der Waals surface area contributed by atoms with Gasteiger partial charge in [-0.3, -0.25) is 0 Å². The molecular formula is C14H18O2. The largest absolute Gasteiger partial charge is 0.463 e. The van der Waals surface area contributed by atoms with E-state index in [4.69, 9.17) is 4.74 Å². The van der Waals surface area contributed by atoms with Gasteiger partial charge in [0.1, 0.15) is 0 Å². The Hall–Kier alpha value is -1.57. The fourth-order valence-electron chi connectivity index (χ4n) is 1.58. The van der Waals surface area contributed by atoms with Crippen molar-refractivity contribution < 1.29 is 9.53 Å². The number of benzene rings is 1. The summed E-state index contributed by atoms with van der Waals surface area (Å²) >= 11 is 0. The van der Waals surface area contributed by atoms with Gasteiger partial charge in [0.25, 0.3) is 0 Å². The fraction of sp³-hybridized carbons (Fsp3) is 0.357. The highest BCUT2D eigenvalue weighted by Crippen LogP contribution is 2.17. The van der Waals surface area contributed by atoms with Gasteiger partial charge < -0.3 is 4.74 Å². The van der Waals surface area contributed by atoms with Gasteiger partial charge in [-0.1, -0.05) is 18.2 Å². The predicted octanol–water partition coefficient (Wildman–Crippen LogP) is 3.27. The summed E-state index contributed by atoms with van der Waals surface area (Å²) in [7, 11) is 0. The monoisotopic (exact) mass is 218 g/mol. The number of rotatable bonds is 3. The first kappa shape index (κ1) is 12.5. The number of aryl methyl sites for hydroxylation is 2. The van der Waals surface area contributed by atoms with E-state index in [9.17, 15) is 4.79 Å². The van der Waals surface area contributed by atoms with Crippen LogP contribution in [-0.2, 0) is 9.53 Å². The molecule has 0 amide bonds. The van der Waals surface area contributed by atoms with E-state index < -0.39 is 0 Å². The Bertz CT molecular complexity index is 396. The topological polar surface area (TPSA) is 26.3 Å². The Morgan fingerprint density at radius 2 is 1.88 bits per heavy atom. The summed E-state index contributed by atoms with van der Waals surface area (Å²) in [6.45, 7) is 8.08. The lowest BCUT2D eigenvalue weighted by Gasteiger charge is -2.06. The molecule has 86 valence electrons. The minimum atomic E-state index is -0.245. The molecule has 0 N–H and O–H groups in total. The molecule has 0 saturated heterocycles. The molecule has 0 radical (unpaired) electrons. The molecule has 0 aliphatic heterocycles. The second kappa shape index (κ2) is 5.50. The summed E-state index contributed by atoms with van der Waals surface area (Å²) in [5.74, 6) is -0.245. The molecule has 0 bridgehead atoms. The summed E-state index contributed by atoms with van der Waals surface area (Å²) < 4.78 is 4.95. The third-order valence-corrected chi connectivity index (χ3v) is 2.50. The van der Waals surface area contributed by atoms with E-state index in [2.05, 4.69) is 0 Å². The zero-order chi connectivity index (χ0) is 12.1. The van der Waals surface area contributed by atoms with Gasteiger partial charge in [-0.05, 0) is 50.5 Å². The Kier molecular flexibility index (Phi) is 4.29. The van der Waals surface area contributed by atoms with E-state index in [-0.39, 0.29) is 5.97 Å². The van der Waals surface area contributed by atoms with Crippen molar-refractivity contribution in [3.8, 4) is 0 Å². The van der Waals surface area contributed by atoms with Gasteiger partial charge in [0.05, 0.1) is 6.61 Å². The normalized spacial score (nSPS) is 11.4. The van der Waals surface area contributed by atoms with Gasteiger partial charge in [-0.25, -0.2) is 4.79 Å². The maximum absolute atomic E-state index is 11.5. The molecule has 0 fully saturated rings. The van der Waals surface area contributed by atoms with E-state index in [0.29, 0.717) is 12.2 Å². The van der Waals surface area contributed by atoms with Gasteiger partial charge in [-0.2, -0.15) is 0 Å². The zero-order valence-electron chi connectivity index (χ0n) is 10.3. The van der Waals surface area contributed by atoms with Crippen LogP contribution in [0.2, 0.25) is 0 Å². The minimum absolute atomic E-state index is 0.245. The van der Waals surface area contributed by atoms with Gasteiger partial charge in [0, 0.05) is 5.57 Å². The molecule has 0 unspecified atom stereocenters. The molecule has 0 saturated carbocycles. The highest BCUT2D eigenvalue weighted by molar-refractivity contribution is 5.93. The van der Waals surface area contributed by atoms with E-state index in [1.54, 1.807) is 6.92 Å². The second-order valence-corrected chi connectivity index (χ2v) is 3.85. The van der Waals surface area contributed by atoms with E-state index >= 15 is 0 Å². The number of carbonyl (C=O) groups excluding carboxylic acids is 1. The van der Waals surface area contributed by atoms with Crippen LogP contribution in [-0.4, -0.2) is 12.6 Å². The lowest BCUT2D eigenvalue weighted by molar-refractivity contribution is -0.138. The Morgan fingerprint density at radius 3 is 2.38 bits per heavy atom. The number of esters is 1. The van der Waals surface area contributed by atoms with E-state index in [1.807, 2.05) is 45.0 Å². The van der Waals surface area contributed by atoms with Gasteiger partial charge in [-0.15, -0.1) is 0 Å². The van der Waals surface area contributed by atoms with Gasteiger partial charge in [0.15, 0.2) is 0 Å². The first-order chi connectivity index (χ1) is 7.56. The molecule has 0 spiro atoms. The van der Waals surface area contributed by atoms with Crippen LogP contribution in [0.15, 0.2) is 23.8 Å². The second-order valence-electron chi connectivity index (χ2n) is 3.85. The summed E-state index contributed by atoms with van der Waals surface area (Å²) in [4.78, 5) is 11.5. The molecule has 2 heteroatoms. The van der Waals surface area contributed by atoms with Crippen LogP contribution in [0.4, 0.5) is 0 Å². The van der Waals surface area contributed by atoms with Crippen LogP contribution >= 0.6 is 0 Å². The lowest BCUT2D eigenvalue weighted by atomic mass is 10.0. The standard InChI is InChI=1S/C14H18O2/c1-5-16-14(15)12(4)9-13-10(2)7-6-8-11(13)3/h6-9H,5H2,1-4H3/b12-9+. The molecule has 1 aromatic carbocycles. The van der Waals surface area contributed by atoms with Crippen molar-refractivity contribution in [2.75, 3.05) is 6.61 Å². The zero-order valence-corrected chi connectivity index (χ0v) is 10.3. The fourth-order valence-corrected chi connectivity index (χ4v) is 1.58. The van der Waals surface area contributed by atoms with Crippen molar-refractivity contribution in [2.45, 2.75) is 27.7 Å². The number of hydrogen-bond donors (Lipinski definition) is 0. The molecule has 0 aliphatic carbocycles. The Morgan fingerprint density at radius 1 is 1.31 bits per heavy atom. The van der Waals surface area contributed by atoms with Gasteiger partial charge >= 0.3 is 5.97 Å². The number of hydrogen-bond acceptors (Lipinski definition) is 2. The number of carbonyl (C=O) groups is 1. The highest BCUT2D eigenvalue weighted by Gasteiger charge is 2.06. The first-order valence-electron chi connectivity index (χ1n) is 5.48. The average Bonchev–Trinajstić information content (AvgIpc) is 2.23. The Labute approximate surface area is 96.9 Å². The molecular weight excluding hydrogens is 200 g/mol. The first-order valence-corrected chi connectivity index (χ1v) is 5.48. The third-order valence-electron chi connectivity index (χ3n) is 2.50. The highest BCUT2D eigenvalue weighted by atomic mass is 16.5. The maximum atomic E-state index is 11.5. The van der Waals surface area contributed by atoms with Crippen molar-refractivity contribution >= 4 is 12.0 Å². The van der Waals surface area contributed by atoms with Gasteiger partial charge in [0.2, 0.25) is 0 Å². The molecule has 16 heavy (non-hydrogen) atoms. The minimum Gasteiger partial charge on any atom is -0.463 e. The SMILES string of the molecule is CCOC(=O)/C(C)=C/c1c(C)cccc1C. The molecule has 0 heterocycles. The third kappa shape index (κ3) is 2.96. The van der Waals surface area contributed by atoms with Crippen LogP contribution in [0.25, 0.3) is 6.08 Å². The van der Waals surface area contributed by atoms with E-state index in [0.717, 1.165) is 5.56 Å². The van der Waals surface area contributed by atoms with Crippen LogP contribution < -0.4 is 0 Å². The maximum Gasteiger partial charge on any atom is 0.333 e. The van der Waals surface area contributed by atoms with Crippen LogP contribution in [0.5, 0.6) is 0 Å². The smallest absolute Gasteiger partial charge is 0.333 e. The van der Waals surface area contributed by atoms with Crippen LogP contribution in [0.3, 0.4) is 0 Å². The summed E-state index contributed by atoms with van der Waals surface area (Å²) in [5.41, 5.74) is 4.08. The summed E-state index contributed by atoms with van der Waals surface area (Å²) in [6, 6.07) is 6.09. The summed E-state index contributed by atoms with van der Waals surface area (Å²) in [6.07, 6.45) is 1.89. The number of ether oxygens (including phenoxy) is 1. The van der Waals surface area contributed by atoms with Crippen LogP contribution in [0, 0.1) is 13.8 Å². The van der Waals surface area contributed by atoms with E-state index in [1.165, 1.54) is 11.1 Å². The van der Waals surface area contributed by atoms with Crippen molar-refractivity contribution in [1.82, 2.24) is 0 Å². The Balaban J connectivity index is 3.02. The van der Waals surface area contributed by atoms with Crippen molar-refractivity contribution in [3.05, 3.63) is 40.5 Å².